The molecule has 1 aliphatic heterocycles. The summed E-state index contributed by atoms with van der Waals surface area (Å²) >= 11 is 0. The highest BCUT2D eigenvalue weighted by Gasteiger charge is 2.40. The summed E-state index contributed by atoms with van der Waals surface area (Å²) in [5, 5.41) is 3.73. The lowest BCUT2D eigenvalue weighted by Crippen LogP contribution is -2.37. The Kier molecular flexibility index (Phi) is 6.04. The zero-order chi connectivity index (χ0) is 21.1. The van der Waals surface area contributed by atoms with Crippen molar-refractivity contribution >= 4 is 10.0 Å². The molecule has 7 heteroatoms. The minimum atomic E-state index is -3.61. The fourth-order valence-corrected chi connectivity index (χ4v) is 5.48. The van der Waals surface area contributed by atoms with E-state index >= 15 is 0 Å². The van der Waals surface area contributed by atoms with Crippen LogP contribution in [-0.4, -0.2) is 48.0 Å². The second-order valence-electron chi connectivity index (χ2n) is 8.01. The SMILES string of the molecule is Cc1ccc(CCNC2CN(S(=O)(=O)c3cn(C)cn3)CC2c2ccccc2)cc1. The first-order valence-electron chi connectivity index (χ1n) is 10.3. The predicted octanol–water partition coefficient (Wildman–Crippen LogP) is 2.72. The van der Waals surface area contributed by atoms with Crippen LogP contribution in [0.3, 0.4) is 0 Å². The molecule has 4 rings (SSSR count). The molecule has 6 nitrogen and oxygen atoms in total. The van der Waals surface area contributed by atoms with Crippen LogP contribution in [0.1, 0.15) is 22.6 Å². The molecule has 1 aromatic heterocycles. The molecule has 0 amide bonds. The van der Waals surface area contributed by atoms with Gasteiger partial charge in [-0.3, -0.25) is 0 Å². The molecule has 3 aromatic rings. The number of imidazole rings is 1. The van der Waals surface area contributed by atoms with Crippen LogP contribution in [0, 0.1) is 6.92 Å². The first-order chi connectivity index (χ1) is 14.4. The lowest BCUT2D eigenvalue weighted by Gasteiger charge is -2.20. The Bertz CT molecular complexity index is 1080. The molecule has 2 aromatic carbocycles. The average Bonchev–Trinajstić information content (AvgIpc) is 3.38. The first-order valence-corrected chi connectivity index (χ1v) is 11.7. The van der Waals surface area contributed by atoms with Gasteiger partial charge >= 0.3 is 0 Å². The van der Waals surface area contributed by atoms with Gasteiger partial charge < -0.3 is 9.88 Å². The molecule has 158 valence electrons. The zero-order valence-electron chi connectivity index (χ0n) is 17.4. The molecule has 1 aliphatic rings. The van der Waals surface area contributed by atoms with E-state index in [-0.39, 0.29) is 17.0 Å². The normalized spacial score (nSPS) is 19.9. The third kappa shape index (κ3) is 4.48. The van der Waals surface area contributed by atoms with Crippen molar-refractivity contribution in [3.63, 3.8) is 0 Å². The number of aromatic nitrogens is 2. The number of nitrogens with zero attached hydrogens (tertiary/aromatic N) is 3. The summed E-state index contributed by atoms with van der Waals surface area (Å²) in [5.41, 5.74) is 3.69. The maximum absolute atomic E-state index is 13.1. The van der Waals surface area contributed by atoms with Crippen LogP contribution >= 0.6 is 0 Å². The van der Waals surface area contributed by atoms with E-state index < -0.39 is 10.0 Å². The second kappa shape index (κ2) is 8.71. The van der Waals surface area contributed by atoms with E-state index in [2.05, 4.69) is 53.6 Å². The van der Waals surface area contributed by atoms with Gasteiger partial charge in [0.15, 0.2) is 5.03 Å². The Labute approximate surface area is 178 Å². The standard InChI is InChI=1S/C23H28N4O2S/c1-18-8-10-19(11-9-18)12-13-24-22-15-27(14-21(22)20-6-4-3-5-7-20)30(28,29)23-16-26(2)17-25-23/h3-11,16-17,21-22,24H,12-15H2,1-2H3. The van der Waals surface area contributed by atoms with Gasteiger partial charge in [0.05, 0.1) is 6.33 Å². The molecule has 1 fully saturated rings. The summed E-state index contributed by atoms with van der Waals surface area (Å²) in [5.74, 6) is 0.0997. The molecule has 0 bridgehead atoms. The molecule has 0 saturated carbocycles. The molecule has 0 spiro atoms. The Morgan fingerprint density at radius 2 is 1.80 bits per heavy atom. The highest BCUT2D eigenvalue weighted by Crippen LogP contribution is 2.31. The minimum absolute atomic E-state index is 0.0522. The van der Waals surface area contributed by atoms with Crippen LogP contribution in [0.2, 0.25) is 0 Å². The highest BCUT2D eigenvalue weighted by atomic mass is 32.2. The minimum Gasteiger partial charge on any atom is -0.339 e. The maximum Gasteiger partial charge on any atom is 0.262 e. The lowest BCUT2D eigenvalue weighted by atomic mass is 9.94. The molecule has 0 aliphatic carbocycles. The van der Waals surface area contributed by atoms with Gasteiger partial charge in [0.1, 0.15) is 0 Å². The largest absolute Gasteiger partial charge is 0.339 e. The van der Waals surface area contributed by atoms with Crippen LogP contribution in [0.5, 0.6) is 0 Å². The van der Waals surface area contributed by atoms with Crippen molar-refractivity contribution in [2.45, 2.75) is 30.3 Å². The van der Waals surface area contributed by atoms with Crippen molar-refractivity contribution in [2.24, 2.45) is 7.05 Å². The maximum atomic E-state index is 13.1. The number of hydrogen-bond acceptors (Lipinski definition) is 4. The van der Waals surface area contributed by atoms with E-state index in [0.29, 0.717) is 13.1 Å². The van der Waals surface area contributed by atoms with Gasteiger partial charge in [-0.15, -0.1) is 0 Å². The van der Waals surface area contributed by atoms with Crippen LogP contribution < -0.4 is 5.32 Å². The molecule has 2 atom stereocenters. The first kappa shape index (κ1) is 20.8. The summed E-state index contributed by atoms with van der Waals surface area (Å²) in [6.07, 6.45) is 3.99. The smallest absolute Gasteiger partial charge is 0.262 e. The lowest BCUT2D eigenvalue weighted by molar-refractivity contribution is 0.455. The van der Waals surface area contributed by atoms with Gasteiger partial charge in [0.2, 0.25) is 0 Å². The van der Waals surface area contributed by atoms with Crippen molar-refractivity contribution in [3.05, 3.63) is 83.8 Å². The quantitative estimate of drug-likeness (QED) is 0.633. The topological polar surface area (TPSA) is 67.2 Å². The van der Waals surface area contributed by atoms with Crippen molar-refractivity contribution in [1.82, 2.24) is 19.2 Å². The van der Waals surface area contributed by atoms with Crippen molar-refractivity contribution in [2.75, 3.05) is 19.6 Å². The molecule has 30 heavy (non-hydrogen) atoms. The van der Waals surface area contributed by atoms with Crippen LogP contribution in [0.4, 0.5) is 0 Å². The second-order valence-corrected chi connectivity index (χ2v) is 9.90. The van der Waals surface area contributed by atoms with E-state index in [1.165, 1.54) is 17.5 Å². The van der Waals surface area contributed by atoms with Gasteiger partial charge in [0.25, 0.3) is 10.0 Å². The van der Waals surface area contributed by atoms with Gasteiger partial charge in [0, 0.05) is 38.3 Å². The molecule has 1 N–H and O–H groups in total. The Morgan fingerprint density at radius 1 is 1.07 bits per heavy atom. The molecule has 1 saturated heterocycles. The third-order valence-electron chi connectivity index (χ3n) is 5.74. The Hall–Kier alpha value is -2.48. The number of hydrogen-bond donors (Lipinski definition) is 1. The number of rotatable bonds is 7. The monoisotopic (exact) mass is 424 g/mol. The van der Waals surface area contributed by atoms with E-state index in [4.69, 9.17) is 0 Å². The molecule has 0 radical (unpaired) electrons. The summed E-state index contributed by atoms with van der Waals surface area (Å²) < 4.78 is 29.5. The average molecular weight is 425 g/mol. The summed E-state index contributed by atoms with van der Waals surface area (Å²) in [4.78, 5) is 4.08. The molecular weight excluding hydrogens is 396 g/mol. The molecule has 2 heterocycles. The van der Waals surface area contributed by atoms with E-state index in [0.717, 1.165) is 18.5 Å². The molecular formula is C23H28N4O2S. The van der Waals surface area contributed by atoms with Gasteiger partial charge in [-0.2, -0.15) is 4.31 Å². The fraction of sp³-hybridized carbons (Fsp3) is 0.348. The van der Waals surface area contributed by atoms with E-state index in [9.17, 15) is 8.42 Å². The summed E-state index contributed by atoms with van der Waals surface area (Å²) in [7, 11) is -1.84. The Balaban J connectivity index is 1.50. The van der Waals surface area contributed by atoms with Gasteiger partial charge in [-0.25, -0.2) is 13.4 Å². The number of sulfonamides is 1. The van der Waals surface area contributed by atoms with Crippen molar-refractivity contribution in [1.29, 1.82) is 0 Å². The van der Waals surface area contributed by atoms with Crippen molar-refractivity contribution in [3.8, 4) is 0 Å². The third-order valence-corrected chi connectivity index (χ3v) is 7.46. The highest BCUT2D eigenvalue weighted by molar-refractivity contribution is 7.89. The number of benzene rings is 2. The number of nitrogens with one attached hydrogen (secondary N) is 1. The predicted molar refractivity (Wildman–Crippen MR) is 118 cm³/mol. The van der Waals surface area contributed by atoms with Crippen molar-refractivity contribution < 1.29 is 8.42 Å². The zero-order valence-corrected chi connectivity index (χ0v) is 18.2. The van der Waals surface area contributed by atoms with Crippen LogP contribution in [0.15, 0.2) is 72.1 Å². The van der Waals surface area contributed by atoms with Gasteiger partial charge in [-0.05, 0) is 31.0 Å². The summed E-state index contributed by atoms with van der Waals surface area (Å²) in [6, 6.07) is 18.8. The van der Waals surface area contributed by atoms with E-state index in [1.54, 1.807) is 22.1 Å². The Morgan fingerprint density at radius 3 is 2.47 bits per heavy atom. The van der Waals surface area contributed by atoms with Gasteiger partial charge in [-0.1, -0.05) is 60.2 Å². The van der Waals surface area contributed by atoms with Crippen LogP contribution in [0.25, 0.3) is 0 Å². The molecule has 2 unspecified atom stereocenters. The van der Waals surface area contributed by atoms with E-state index in [1.807, 2.05) is 18.2 Å². The fourth-order valence-electron chi connectivity index (χ4n) is 4.02. The number of aryl methyl sites for hydroxylation is 2. The van der Waals surface area contributed by atoms with Crippen LogP contribution in [-0.2, 0) is 23.5 Å². The summed E-state index contributed by atoms with van der Waals surface area (Å²) in [6.45, 7) is 3.77.